The third-order valence-corrected chi connectivity index (χ3v) is 1.39. The van der Waals surface area contributed by atoms with Crippen molar-refractivity contribution in [2.45, 2.75) is 95.3 Å². The summed E-state index contributed by atoms with van der Waals surface area (Å²) < 4.78 is 17.6. The van der Waals surface area contributed by atoms with Gasteiger partial charge >= 0.3 is 41.2 Å². The molecule has 0 saturated heterocycles. The van der Waals surface area contributed by atoms with Crippen LogP contribution in [0.1, 0.15) is 83.1 Å². The maximum Gasteiger partial charge on any atom is 2.00 e. The summed E-state index contributed by atoms with van der Waals surface area (Å²) in [6.45, 7) is 21.1. The van der Waals surface area contributed by atoms with Crippen LogP contribution in [-0.2, 0) is 38.1 Å². The molecule has 0 rings (SSSR count). The summed E-state index contributed by atoms with van der Waals surface area (Å²) in [6, 6.07) is 0. The maximum absolute atomic E-state index is 9.82. The molecule has 0 heterocycles. The second-order valence-electron chi connectivity index (χ2n) is 5.80. The molecule has 0 aromatic rings. The molecule has 0 aromatic carbocycles. The molecule has 0 fully saturated rings. The monoisotopic (exact) mass is 497 g/mol. The summed E-state index contributed by atoms with van der Waals surface area (Å²) in [6.07, 6.45) is -0.833. The van der Waals surface area contributed by atoms with E-state index in [4.69, 9.17) is 0 Å². The molecule has 0 aromatic heterocycles. The van der Waals surface area contributed by atoms with Crippen LogP contribution in [0.25, 0.3) is 0 Å². The van der Waals surface area contributed by atoms with E-state index in [1.165, 1.54) is 27.7 Å². The summed E-state index contributed by atoms with van der Waals surface area (Å²) >= 11 is 0. The molecule has 0 aliphatic carbocycles. The molecule has 0 amide bonds. The number of ether oxygens (including phenoxy) is 4. The third kappa shape index (κ3) is 228. The van der Waals surface area contributed by atoms with E-state index in [0.29, 0.717) is 26.4 Å². The van der Waals surface area contributed by atoms with Gasteiger partial charge in [0.1, 0.15) is 0 Å². The zero-order valence-electron chi connectivity index (χ0n) is 22.6. The number of rotatable bonds is 4. The molecule has 197 valence electrons. The minimum absolute atomic E-state index is 0. The van der Waals surface area contributed by atoms with Crippen molar-refractivity contribution < 1.29 is 48.3 Å². The fourth-order valence-electron chi connectivity index (χ4n) is 0.813. The second kappa shape index (κ2) is 44.1. The normalized spacial score (nSPS) is 7.76. The average molecular weight is 498 g/mol. The molecule has 0 bridgehead atoms. The van der Waals surface area contributed by atoms with Crippen molar-refractivity contribution in [3.63, 3.8) is 0 Å². The van der Waals surface area contributed by atoms with Gasteiger partial charge < -0.3 is 29.2 Å². The molecule has 0 unspecified atom stereocenters. The molecule has 0 spiro atoms. The van der Waals surface area contributed by atoms with Crippen molar-refractivity contribution in [2.75, 3.05) is 26.4 Å². The predicted molar refractivity (Wildman–Crippen MR) is 125 cm³/mol. The van der Waals surface area contributed by atoms with E-state index in [1.54, 1.807) is 55.4 Å². The van der Waals surface area contributed by atoms with Crippen molar-refractivity contribution in [2.24, 2.45) is 0 Å². The van der Waals surface area contributed by atoms with Gasteiger partial charge in [-0.05, 0) is 27.7 Å². The first-order chi connectivity index (χ1) is 14.5. The van der Waals surface area contributed by atoms with Crippen LogP contribution in [0.5, 0.6) is 0 Å². The number of hydrogen-bond donors (Lipinski definition) is 0. The fourth-order valence-corrected chi connectivity index (χ4v) is 0.813. The minimum atomic E-state index is -0.417. The summed E-state index contributed by atoms with van der Waals surface area (Å²) in [7, 11) is 0. The van der Waals surface area contributed by atoms with Crippen LogP contribution in [0.2, 0.25) is 0 Å². The Labute approximate surface area is 211 Å². The van der Waals surface area contributed by atoms with Crippen molar-refractivity contribution in [1.29, 1.82) is 0 Å². The van der Waals surface area contributed by atoms with E-state index in [1.807, 2.05) is 0 Å². The van der Waals surface area contributed by atoms with Crippen LogP contribution < -0.4 is 10.2 Å². The average Bonchev–Trinajstić information content (AvgIpc) is 2.54. The van der Waals surface area contributed by atoms with Gasteiger partial charge in [0.2, 0.25) is 0 Å². The molecule has 11 heteroatoms. The number of carbonyl (C=O) groups excluding carboxylic acids is 4. The molecule has 33 heavy (non-hydrogen) atoms. The van der Waals surface area contributed by atoms with Gasteiger partial charge in [0.05, 0.1) is 26.4 Å². The molecule has 10 nitrogen and oxygen atoms in total. The first-order valence-corrected chi connectivity index (χ1v) is 10.4. The zero-order valence-corrected chi connectivity index (χ0v) is 23.8. The molecule has 0 aliphatic rings. The Bertz CT molecular complexity index is 338. The van der Waals surface area contributed by atoms with Crippen molar-refractivity contribution >= 4 is 41.2 Å². The summed E-state index contributed by atoms with van der Waals surface area (Å²) in [5, 5.41) is 19.1. The van der Waals surface area contributed by atoms with Crippen LogP contribution in [0.15, 0.2) is 0 Å². The van der Waals surface area contributed by atoms with Gasteiger partial charge in [-0.15, -0.1) is 12.2 Å². The van der Waals surface area contributed by atoms with Crippen LogP contribution >= 0.6 is 0 Å². The minimum Gasteiger partial charge on any atom is -0.852 e. The van der Waals surface area contributed by atoms with Gasteiger partial charge in [-0.1, -0.05) is 27.7 Å². The molecule has 0 atom stereocenters. The fraction of sp³-hybridized carbons (Fsp3) is 0.818. The second-order valence-corrected chi connectivity index (χ2v) is 5.80. The van der Waals surface area contributed by atoms with Gasteiger partial charge in [-0.2, -0.15) is 0 Å². The first-order valence-electron chi connectivity index (χ1n) is 10.4. The van der Waals surface area contributed by atoms with E-state index in [9.17, 15) is 29.4 Å². The van der Waals surface area contributed by atoms with Crippen molar-refractivity contribution in [3.8, 4) is 0 Å². The van der Waals surface area contributed by atoms with E-state index < -0.39 is 12.2 Å². The van der Waals surface area contributed by atoms with Gasteiger partial charge in [-0.25, -0.2) is 0 Å². The SMILES string of the molecule is CC(C)[O-].CC(C)[O-].CCOC(C)=O.CCOC(C)=O.CCOC(C)=O.CCOC(C)=O.[Al+2]. The van der Waals surface area contributed by atoms with E-state index in [-0.39, 0.29) is 41.2 Å². The van der Waals surface area contributed by atoms with Gasteiger partial charge in [-0.3, -0.25) is 19.2 Å². The molecule has 0 N–H and O–H groups in total. The molecule has 0 aliphatic heterocycles. The van der Waals surface area contributed by atoms with Gasteiger partial charge in [0, 0.05) is 27.7 Å². The summed E-state index contributed by atoms with van der Waals surface area (Å²) in [5.41, 5.74) is 0. The Kier molecular flexibility index (Phi) is 65.0. The Morgan fingerprint density at radius 3 is 0.606 bits per heavy atom. The quantitative estimate of drug-likeness (QED) is 0.317. The Hall–Kier alpha value is -1.67. The Morgan fingerprint density at radius 2 is 0.606 bits per heavy atom. The largest absolute Gasteiger partial charge is 2.00 e. The van der Waals surface area contributed by atoms with Gasteiger partial charge in [0.25, 0.3) is 0 Å². The number of hydrogen-bond acceptors (Lipinski definition) is 10. The summed E-state index contributed by atoms with van der Waals surface area (Å²) in [5.74, 6) is -0.843. The first kappa shape index (κ1) is 48.7. The topological polar surface area (TPSA) is 151 Å². The molecular weight excluding hydrogens is 451 g/mol. The molecular formula is C22H46AlO10. The Morgan fingerprint density at radius 1 is 0.515 bits per heavy atom. The smallest absolute Gasteiger partial charge is 0.852 e. The van der Waals surface area contributed by atoms with Crippen LogP contribution in [-0.4, -0.2) is 79.9 Å². The van der Waals surface area contributed by atoms with E-state index >= 15 is 0 Å². The predicted octanol–water partition coefficient (Wildman–Crippen LogP) is 1.41. The van der Waals surface area contributed by atoms with Crippen molar-refractivity contribution in [1.82, 2.24) is 0 Å². The van der Waals surface area contributed by atoms with Crippen LogP contribution in [0.3, 0.4) is 0 Å². The number of carbonyl (C=O) groups is 4. The standard InChI is InChI=1S/4C4H8O2.2C3H7O.Al/c4*1-3-6-4(2)5;2*1-3(2)4;/h4*3H2,1-2H3;2*3H,1-2H3;/q;;;;2*-1;+2. The van der Waals surface area contributed by atoms with Crippen LogP contribution in [0.4, 0.5) is 0 Å². The van der Waals surface area contributed by atoms with E-state index in [0.717, 1.165) is 0 Å². The molecule has 1 radical (unpaired) electrons. The zero-order chi connectivity index (χ0) is 27.1. The Balaban J connectivity index is -0.0000000493. The number of esters is 4. The van der Waals surface area contributed by atoms with Crippen molar-refractivity contribution in [3.05, 3.63) is 0 Å². The maximum atomic E-state index is 9.82. The third-order valence-electron chi connectivity index (χ3n) is 1.39. The van der Waals surface area contributed by atoms with E-state index in [2.05, 4.69) is 18.9 Å². The van der Waals surface area contributed by atoms with Gasteiger partial charge in [0.15, 0.2) is 0 Å². The molecule has 0 saturated carbocycles. The summed E-state index contributed by atoms with van der Waals surface area (Å²) in [4.78, 5) is 39.3. The van der Waals surface area contributed by atoms with Crippen LogP contribution in [0, 0.1) is 0 Å².